The van der Waals surface area contributed by atoms with Crippen LogP contribution in [0.4, 0.5) is 0 Å². The molecule has 0 amide bonds. The molecular formula is C13H10N2O. The van der Waals surface area contributed by atoms with E-state index >= 15 is 0 Å². The van der Waals surface area contributed by atoms with Gasteiger partial charge in [-0.15, -0.1) is 0 Å². The van der Waals surface area contributed by atoms with Gasteiger partial charge in [-0.3, -0.25) is 0 Å². The summed E-state index contributed by atoms with van der Waals surface area (Å²) in [4.78, 5) is 0. The second-order valence-electron chi connectivity index (χ2n) is 3.68. The van der Waals surface area contributed by atoms with Crippen molar-refractivity contribution >= 4 is 6.08 Å². The van der Waals surface area contributed by atoms with Crippen LogP contribution in [0.2, 0.25) is 0 Å². The van der Waals surface area contributed by atoms with Crippen molar-refractivity contribution in [2.75, 3.05) is 0 Å². The summed E-state index contributed by atoms with van der Waals surface area (Å²) in [5, 5.41) is 17.7. The Hall–Kier alpha value is -2.26. The van der Waals surface area contributed by atoms with E-state index in [1.807, 2.05) is 24.3 Å². The maximum Gasteiger partial charge on any atom is 0.133 e. The van der Waals surface area contributed by atoms with Crippen molar-refractivity contribution in [2.45, 2.75) is 12.8 Å². The summed E-state index contributed by atoms with van der Waals surface area (Å²) < 4.78 is 5.16. The van der Waals surface area contributed by atoms with Gasteiger partial charge in [-0.25, -0.2) is 0 Å². The van der Waals surface area contributed by atoms with Crippen molar-refractivity contribution in [3.8, 4) is 12.1 Å². The number of hydrogen-bond donors (Lipinski definition) is 0. The van der Waals surface area contributed by atoms with Gasteiger partial charge in [0.15, 0.2) is 0 Å². The Morgan fingerprint density at radius 1 is 1.38 bits per heavy atom. The summed E-state index contributed by atoms with van der Waals surface area (Å²) >= 11 is 0. The molecule has 1 aromatic heterocycles. The van der Waals surface area contributed by atoms with Gasteiger partial charge in [0, 0.05) is 0 Å². The van der Waals surface area contributed by atoms with E-state index in [0.717, 1.165) is 24.2 Å². The van der Waals surface area contributed by atoms with Gasteiger partial charge in [0.25, 0.3) is 0 Å². The highest BCUT2D eigenvalue weighted by Gasteiger charge is 2.27. The van der Waals surface area contributed by atoms with Crippen molar-refractivity contribution in [3.05, 3.63) is 41.4 Å². The van der Waals surface area contributed by atoms with Crippen LogP contribution in [0.1, 0.15) is 18.6 Å². The number of rotatable bonds is 3. The maximum absolute atomic E-state index is 8.84. The fourth-order valence-corrected chi connectivity index (χ4v) is 1.53. The largest absolute Gasteiger partial charge is 0.465 e. The van der Waals surface area contributed by atoms with Crippen LogP contribution in [-0.2, 0) is 0 Å². The first-order valence-electron chi connectivity index (χ1n) is 5.11. The molecule has 1 saturated carbocycles. The van der Waals surface area contributed by atoms with Gasteiger partial charge in [-0.05, 0) is 42.5 Å². The van der Waals surface area contributed by atoms with Gasteiger partial charge < -0.3 is 4.42 Å². The molecule has 1 heterocycles. The lowest BCUT2D eigenvalue weighted by atomic mass is 10.0. The molecule has 0 N–H and O–H groups in total. The molecule has 2 rings (SSSR count). The first-order valence-corrected chi connectivity index (χ1v) is 5.11. The van der Waals surface area contributed by atoms with Crippen LogP contribution in [0.15, 0.2) is 40.0 Å². The summed E-state index contributed by atoms with van der Waals surface area (Å²) in [5.41, 5.74) is 1.05. The zero-order valence-corrected chi connectivity index (χ0v) is 8.68. The first-order chi connectivity index (χ1) is 7.85. The maximum atomic E-state index is 8.84. The van der Waals surface area contributed by atoms with Gasteiger partial charge in [-0.1, -0.05) is 6.08 Å². The van der Waals surface area contributed by atoms with E-state index in [0.29, 0.717) is 5.92 Å². The minimum Gasteiger partial charge on any atom is -0.465 e. The highest BCUT2D eigenvalue weighted by molar-refractivity contribution is 5.55. The molecule has 3 nitrogen and oxygen atoms in total. The average molecular weight is 210 g/mol. The van der Waals surface area contributed by atoms with Crippen LogP contribution < -0.4 is 0 Å². The van der Waals surface area contributed by atoms with Crippen LogP contribution >= 0.6 is 0 Å². The highest BCUT2D eigenvalue weighted by Crippen LogP contribution is 2.38. The van der Waals surface area contributed by atoms with E-state index < -0.39 is 0 Å². The Morgan fingerprint density at radius 2 is 2.12 bits per heavy atom. The van der Waals surface area contributed by atoms with Crippen molar-refractivity contribution in [1.29, 1.82) is 10.5 Å². The molecule has 1 aromatic rings. The molecule has 0 spiro atoms. The molecule has 0 radical (unpaired) electrons. The second kappa shape index (κ2) is 4.51. The monoisotopic (exact) mass is 210 g/mol. The fraction of sp³-hybridized carbons (Fsp3) is 0.231. The lowest BCUT2D eigenvalue weighted by Crippen LogP contribution is -1.87. The van der Waals surface area contributed by atoms with Gasteiger partial charge in [-0.2, -0.15) is 10.5 Å². The average Bonchev–Trinajstić information content (AvgIpc) is 3.01. The lowest BCUT2D eigenvalue weighted by molar-refractivity contribution is 0.557. The normalized spacial score (nSPS) is 14.4. The van der Waals surface area contributed by atoms with E-state index in [2.05, 4.69) is 0 Å². The fourth-order valence-electron chi connectivity index (χ4n) is 1.53. The molecule has 1 aliphatic rings. The van der Waals surface area contributed by atoms with E-state index in [9.17, 15) is 0 Å². The predicted octanol–water partition coefficient (Wildman–Crippen LogP) is 3.05. The minimum atomic E-state index is 0.213. The van der Waals surface area contributed by atoms with E-state index in [4.69, 9.17) is 14.9 Å². The van der Waals surface area contributed by atoms with E-state index in [1.165, 1.54) is 0 Å². The van der Waals surface area contributed by atoms with Crippen LogP contribution in [0.3, 0.4) is 0 Å². The molecule has 16 heavy (non-hydrogen) atoms. The number of hydrogen-bond acceptors (Lipinski definition) is 3. The summed E-state index contributed by atoms with van der Waals surface area (Å²) in [5.74, 6) is 1.11. The number of furan rings is 1. The second-order valence-corrected chi connectivity index (χ2v) is 3.68. The van der Waals surface area contributed by atoms with Gasteiger partial charge in [0.2, 0.25) is 0 Å². The number of nitrogens with zero attached hydrogens (tertiary/aromatic N) is 2. The molecule has 0 atom stereocenters. The predicted molar refractivity (Wildman–Crippen MR) is 58.7 cm³/mol. The van der Waals surface area contributed by atoms with Crippen molar-refractivity contribution in [1.82, 2.24) is 0 Å². The molecule has 3 heteroatoms. The van der Waals surface area contributed by atoms with Crippen LogP contribution in [0, 0.1) is 28.6 Å². The molecule has 0 unspecified atom stereocenters. The quantitative estimate of drug-likeness (QED) is 0.569. The SMILES string of the molecule is N#CC(C#N)=C(C=Cc1ccco1)C1CC1. The lowest BCUT2D eigenvalue weighted by Gasteiger charge is -1.97. The van der Waals surface area contributed by atoms with Gasteiger partial charge >= 0.3 is 0 Å². The molecular weight excluding hydrogens is 200 g/mol. The smallest absolute Gasteiger partial charge is 0.133 e. The Bertz CT molecular complexity index is 489. The Kier molecular flexibility index (Phi) is 2.89. The summed E-state index contributed by atoms with van der Waals surface area (Å²) in [6.45, 7) is 0. The van der Waals surface area contributed by atoms with Gasteiger partial charge in [0.1, 0.15) is 23.5 Å². The summed E-state index contributed by atoms with van der Waals surface area (Å²) in [6.07, 6.45) is 7.33. The molecule has 0 aliphatic heterocycles. The summed E-state index contributed by atoms with van der Waals surface area (Å²) in [7, 11) is 0. The first kappa shape index (κ1) is 10.3. The molecule has 1 fully saturated rings. The number of allylic oxidation sites excluding steroid dienone is 3. The Labute approximate surface area is 93.9 Å². The zero-order chi connectivity index (χ0) is 11.4. The minimum absolute atomic E-state index is 0.213. The van der Waals surface area contributed by atoms with E-state index in [1.54, 1.807) is 18.4 Å². The third kappa shape index (κ3) is 2.21. The van der Waals surface area contributed by atoms with Crippen molar-refractivity contribution in [3.63, 3.8) is 0 Å². The molecule has 78 valence electrons. The van der Waals surface area contributed by atoms with E-state index in [-0.39, 0.29) is 5.57 Å². The molecule has 0 aromatic carbocycles. The molecule has 0 saturated heterocycles. The Morgan fingerprint density at radius 3 is 2.62 bits per heavy atom. The Balaban J connectivity index is 2.26. The molecule has 0 bridgehead atoms. The third-order valence-corrected chi connectivity index (χ3v) is 2.50. The van der Waals surface area contributed by atoms with Crippen LogP contribution in [-0.4, -0.2) is 0 Å². The highest BCUT2D eigenvalue weighted by atomic mass is 16.3. The van der Waals surface area contributed by atoms with Crippen LogP contribution in [0.25, 0.3) is 6.08 Å². The van der Waals surface area contributed by atoms with Gasteiger partial charge in [0.05, 0.1) is 6.26 Å². The van der Waals surface area contributed by atoms with Crippen molar-refractivity contribution in [2.24, 2.45) is 5.92 Å². The zero-order valence-electron chi connectivity index (χ0n) is 8.68. The summed E-state index contributed by atoms with van der Waals surface area (Å²) in [6, 6.07) is 7.51. The van der Waals surface area contributed by atoms with Crippen LogP contribution in [0.5, 0.6) is 0 Å². The molecule has 1 aliphatic carbocycles. The number of nitriles is 2. The standard InChI is InChI=1S/C13H10N2O/c14-8-11(9-15)13(10-3-4-10)6-5-12-2-1-7-16-12/h1-2,5-7,10H,3-4H2. The van der Waals surface area contributed by atoms with Crippen molar-refractivity contribution < 1.29 is 4.42 Å². The topological polar surface area (TPSA) is 60.7 Å². The third-order valence-electron chi connectivity index (χ3n) is 2.50.